The molecule has 2 aromatic heterocycles. The van der Waals surface area contributed by atoms with Gasteiger partial charge in [-0.3, -0.25) is 9.36 Å². The van der Waals surface area contributed by atoms with E-state index in [-0.39, 0.29) is 11.7 Å². The van der Waals surface area contributed by atoms with Gasteiger partial charge in [0.1, 0.15) is 0 Å². The first-order chi connectivity index (χ1) is 13.1. The SMILES string of the molecule is C=CCn1c(SCC(=O)NCc2ccc(Cl)cc2)nnc1-c1csc(C)c1. The van der Waals surface area contributed by atoms with Gasteiger partial charge < -0.3 is 5.32 Å². The van der Waals surface area contributed by atoms with E-state index in [0.717, 1.165) is 17.0 Å². The Balaban J connectivity index is 1.61. The van der Waals surface area contributed by atoms with E-state index in [0.29, 0.717) is 23.3 Å². The summed E-state index contributed by atoms with van der Waals surface area (Å²) < 4.78 is 1.98. The molecule has 27 heavy (non-hydrogen) atoms. The summed E-state index contributed by atoms with van der Waals surface area (Å²) >= 11 is 8.91. The van der Waals surface area contributed by atoms with Crippen molar-refractivity contribution in [2.75, 3.05) is 5.75 Å². The van der Waals surface area contributed by atoms with Crippen LogP contribution in [0.15, 0.2) is 53.5 Å². The van der Waals surface area contributed by atoms with Crippen molar-refractivity contribution in [1.82, 2.24) is 20.1 Å². The van der Waals surface area contributed by atoms with Gasteiger partial charge in [-0.2, -0.15) is 0 Å². The van der Waals surface area contributed by atoms with E-state index in [1.54, 1.807) is 17.4 Å². The molecule has 0 saturated heterocycles. The number of thioether (sulfide) groups is 1. The topological polar surface area (TPSA) is 59.8 Å². The van der Waals surface area contributed by atoms with Gasteiger partial charge in [0, 0.05) is 33.9 Å². The lowest BCUT2D eigenvalue weighted by atomic mass is 10.2. The van der Waals surface area contributed by atoms with Crippen LogP contribution in [0.3, 0.4) is 0 Å². The molecule has 0 radical (unpaired) electrons. The zero-order valence-electron chi connectivity index (χ0n) is 14.8. The predicted molar refractivity (Wildman–Crippen MR) is 112 cm³/mol. The fourth-order valence-corrected chi connectivity index (χ4v) is 4.03. The van der Waals surface area contributed by atoms with Crippen molar-refractivity contribution in [3.63, 3.8) is 0 Å². The molecule has 0 fully saturated rings. The van der Waals surface area contributed by atoms with E-state index < -0.39 is 0 Å². The highest BCUT2D eigenvalue weighted by Gasteiger charge is 2.15. The van der Waals surface area contributed by atoms with Crippen LogP contribution in [0.25, 0.3) is 11.4 Å². The lowest BCUT2D eigenvalue weighted by Gasteiger charge is -2.07. The molecule has 5 nitrogen and oxygen atoms in total. The Hall–Kier alpha value is -2.09. The minimum absolute atomic E-state index is 0.0592. The maximum atomic E-state index is 12.2. The standard InChI is InChI=1S/C19H19ClN4OS2/c1-3-8-24-18(15-9-13(2)26-11-15)22-23-19(24)27-12-17(25)21-10-14-4-6-16(20)7-5-14/h3-7,9,11H,1,8,10,12H2,2H3,(H,21,25). The molecule has 0 spiro atoms. The van der Waals surface area contributed by atoms with Crippen LogP contribution in [0.1, 0.15) is 10.4 Å². The molecule has 8 heteroatoms. The monoisotopic (exact) mass is 418 g/mol. The molecular formula is C19H19ClN4OS2. The van der Waals surface area contributed by atoms with E-state index in [9.17, 15) is 4.79 Å². The lowest BCUT2D eigenvalue weighted by molar-refractivity contribution is -0.118. The summed E-state index contributed by atoms with van der Waals surface area (Å²) in [5.74, 6) is 1.00. The Morgan fingerprint density at radius 3 is 2.81 bits per heavy atom. The van der Waals surface area contributed by atoms with E-state index in [2.05, 4.69) is 40.5 Å². The normalized spacial score (nSPS) is 10.7. The molecule has 1 amide bonds. The lowest BCUT2D eigenvalue weighted by Crippen LogP contribution is -2.24. The van der Waals surface area contributed by atoms with Crippen LogP contribution < -0.4 is 5.32 Å². The van der Waals surface area contributed by atoms with Gasteiger partial charge >= 0.3 is 0 Å². The molecule has 0 aliphatic rings. The molecular weight excluding hydrogens is 400 g/mol. The largest absolute Gasteiger partial charge is 0.351 e. The summed E-state index contributed by atoms with van der Waals surface area (Å²) in [5.41, 5.74) is 2.04. The van der Waals surface area contributed by atoms with Crippen molar-refractivity contribution in [3.05, 3.63) is 63.8 Å². The molecule has 0 unspecified atom stereocenters. The number of aromatic nitrogens is 3. The first-order valence-corrected chi connectivity index (χ1v) is 10.5. The number of carbonyl (C=O) groups excluding carboxylic acids is 1. The number of nitrogens with zero attached hydrogens (tertiary/aromatic N) is 3. The number of rotatable bonds is 8. The smallest absolute Gasteiger partial charge is 0.230 e. The number of halogens is 1. The molecule has 140 valence electrons. The van der Waals surface area contributed by atoms with Gasteiger partial charge in [-0.25, -0.2) is 0 Å². The maximum absolute atomic E-state index is 12.2. The van der Waals surface area contributed by atoms with E-state index in [1.807, 2.05) is 28.8 Å². The second-order valence-corrected chi connectivity index (χ2v) is 8.34. The van der Waals surface area contributed by atoms with Crippen LogP contribution in [0, 0.1) is 6.92 Å². The molecule has 0 aliphatic carbocycles. The number of benzene rings is 1. The summed E-state index contributed by atoms with van der Waals surface area (Å²) in [6.45, 7) is 6.92. The first-order valence-electron chi connectivity index (χ1n) is 8.30. The number of amides is 1. The second kappa shape index (κ2) is 9.21. The number of hydrogen-bond donors (Lipinski definition) is 1. The second-order valence-electron chi connectivity index (χ2n) is 5.84. The van der Waals surface area contributed by atoms with Gasteiger partial charge in [-0.05, 0) is 30.7 Å². The Morgan fingerprint density at radius 1 is 1.37 bits per heavy atom. The van der Waals surface area contributed by atoms with Gasteiger partial charge in [-0.15, -0.1) is 28.1 Å². The van der Waals surface area contributed by atoms with E-state index in [1.165, 1.54) is 16.6 Å². The minimum atomic E-state index is -0.0592. The van der Waals surface area contributed by atoms with Crippen molar-refractivity contribution in [3.8, 4) is 11.4 Å². The summed E-state index contributed by atoms with van der Waals surface area (Å²) in [6.07, 6.45) is 1.80. The van der Waals surface area contributed by atoms with Crippen LogP contribution >= 0.6 is 34.7 Å². The maximum Gasteiger partial charge on any atom is 0.230 e. The quantitative estimate of drug-likeness (QED) is 0.430. The van der Waals surface area contributed by atoms with Gasteiger partial charge in [0.2, 0.25) is 5.91 Å². The molecule has 0 aliphatic heterocycles. The van der Waals surface area contributed by atoms with Crippen molar-refractivity contribution in [2.45, 2.75) is 25.2 Å². The Labute approximate surface area is 171 Å². The molecule has 3 aromatic rings. The van der Waals surface area contributed by atoms with Gasteiger partial charge in [0.25, 0.3) is 0 Å². The average Bonchev–Trinajstić information content (AvgIpc) is 3.26. The molecule has 0 saturated carbocycles. The summed E-state index contributed by atoms with van der Waals surface area (Å²) in [7, 11) is 0. The molecule has 3 rings (SSSR count). The fraction of sp³-hybridized carbons (Fsp3) is 0.211. The highest BCUT2D eigenvalue weighted by Crippen LogP contribution is 2.27. The molecule has 0 bridgehead atoms. The van der Waals surface area contributed by atoms with Gasteiger partial charge in [0.15, 0.2) is 11.0 Å². The van der Waals surface area contributed by atoms with Crippen LogP contribution in [-0.2, 0) is 17.9 Å². The van der Waals surface area contributed by atoms with Crippen molar-refractivity contribution < 1.29 is 4.79 Å². The number of aryl methyl sites for hydroxylation is 1. The highest BCUT2D eigenvalue weighted by atomic mass is 35.5. The number of nitrogens with one attached hydrogen (secondary N) is 1. The third kappa shape index (κ3) is 5.22. The summed E-state index contributed by atoms with van der Waals surface area (Å²) in [4.78, 5) is 13.4. The average molecular weight is 419 g/mol. The molecule has 1 N–H and O–H groups in total. The molecule has 0 atom stereocenters. The number of allylic oxidation sites excluding steroid dienone is 1. The van der Waals surface area contributed by atoms with Gasteiger partial charge in [-0.1, -0.05) is 41.6 Å². The zero-order chi connectivity index (χ0) is 19.2. The van der Waals surface area contributed by atoms with Crippen molar-refractivity contribution in [1.29, 1.82) is 0 Å². The summed E-state index contributed by atoms with van der Waals surface area (Å²) in [5, 5.41) is 14.9. The fourth-order valence-electron chi connectivity index (χ4n) is 2.45. The van der Waals surface area contributed by atoms with Crippen molar-refractivity contribution in [2.24, 2.45) is 0 Å². The highest BCUT2D eigenvalue weighted by molar-refractivity contribution is 7.99. The number of carbonyl (C=O) groups is 1. The van der Waals surface area contributed by atoms with Crippen LogP contribution in [0.4, 0.5) is 0 Å². The molecule has 2 heterocycles. The summed E-state index contributed by atoms with van der Waals surface area (Å²) in [6, 6.07) is 9.49. The van der Waals surface area contributed by atoms with Crippen LogP contribution in [-0.4, -0.2) is 26.4 Å². The predicted octanol–water partition coefficient (Wildman–Crippen LogP) is 4.56. The van der Waals surface area contributed by atoms with E-state index >= 15 is 0 Å². The Kier molecular flexibility index (Phi) is 6.71. The Bertz CT molecular complexity index is 934. The van der Waals surface area contributed by atoms with Crippen molar-refractivity contribution >= 4 is 40.6 Å². The third-order valence-electron chi connectivity index (χ3n) is 3.75. The minimum Gasteiger partial charge on any atom is -0.351 e. The van der Waals surface area contributed by atoms with Gasteiger partial charge in [0.05, 0.1) is 5.75 Å². The number of thiophene rings is 1. The zero-order valence-corrected chi connectivity index (χ0v) is 17.2. The third-order valence-corrected chi connectivity index (χ3v) is 5.83. The molecule has 1 aromatic carbocycles. The van der Waals surface area contributed by atoms with Crippen LogP contribution in [0.5, 0.6) is 0 Å². The van der Waals surface area contributed by atoms with E-state index in [4.69, 9.17) is 11.6 Å². The van der Waals surface area contributed by atoms with Crippen LogP contribution in [0.2, 0.25) is 5.02 Å². The first kappa shape index (κ1) is 19.7. The Morgan fingerprint density at radius 2 is 2.15 bits per heavy atom. The number of hydrogen-bond acceptors (Lipinski definition) is 5.